The summed E-state index contributed by atoms with van der Waals surface area (Å²) in [6, 6.07) is 12.7. The van der Waals surface area contributed by atoms with E-state index in [1.165, 1.54) is 7.11 Å². The molecule has 1 saturated heterocycles. The number of fused-ring (bicyclic) bond motifs is 1. The van der Waals surface area contributed by atoms with Crippen LogP contribution < -0.4 is 4.90 Å². The zero-order valence-electron chi connectivity index (χ0n) is 20.0. The summed E-state index contributed by atoms with van der Waals surface area (Å²) in [6.45, 7) is 1.13. The molecule has 3 aromatic heterocycles. The highest BCUT2D eigenvalue weighted by molar-refractivity contribution is 5.95. The summed E-state index contributed by atoms with van der Waals surface area (Å²) in [6.07, 6.45) is 1.36. The van der Waals surface area contributed by atoms with Crippen molar-refractivity contribution in [3.05, 3.63) is 66.4 Å². The number of rotatable bonds is 6. The number of benzene rings is 1. The van der Waals surface area contributed by atoms with Crippen molar-refractivity contribution in [1.29, 1.82) is 0 Å². The number of imidazole rings is 1. The minimum atomic E-state index is -2.85. The minimum absolute atomic E-state index is 0.0262. The van der Waals surface area contributed by atoms with Crippen molar-refractivity contribution in [3.8, 4) is 11.5 Å². The molecule has 0 bridgehead atoms. The molecular formula is C25H24F2N6O4. The van der Waals surface area contributed by atoms with Gasteiger partial charge in [0.05, 0.1) is 19.3 Å². The average molecular weight is 511 g/mol. The Kier molecular flexibility index (Phi) is 6.80. The molecule has 0 aliphatic carbocycles. The number of aromatic nitrogens is 4. The second-order valence-electron chi connectivity index (χ2n) is 8.65. The van der Waals surface area contributed by atoms with Crippen LogP contribution in [0.3, 0.4) is 0 Å². The van der Waals surface area contributed by atoms with Crippen molar-refractivity contribution in [2.24, 2.45) is 5.92 Å². The van der Waals surface area contributed by atoms with Gasteiger partial charge in [-0.2, -0.15) is 8.78 Å². The molecule has 1 fully saturated rings. The van der Waals surface area contributed by atoms with Crippen LogP contribution in [0.1, 0.15) is 30.9 Å². The van der Waals surface area contributed by atoms with Gasteiger partial charge in [0.2, 0.25) is 11.8 Å². The van der Waals surface area contributed by atoms with E-state index >= 15 is 0 Å². The molecule has 10 nitrogen and oxygen atoms in total. The maximum absolute atomic E-state index is 13.6. The Balaban J connectivity index is 1.37. The molecule has 0 unspecified atom stereocenters. The third-order valence-electron chi connectivity index (χ3n) is 6.32. The lowest BCUT2D eigenvalue weighted by Gasteiger charge is -2.33. The van der Waals surface area contributed by atoms with Crippen molar-refractivity contribution in [2.45, 2.75) is 25.8 Å². The molecule has 2 amide bonds. The number of hydrogen-bond donors (Lipinski definition) is 0. The summed E-state index contributed by atoms with van der Waals surface area (Å²) >= 11 is 0. The number of carbonyl (C=O) groups is 2. The number of hydrogen-bond acceptors (Lipinski definition) is 7. The zero-order chi connectivity index (χ0) is 25.9. The third-order valence-corrected chi connectivity index (χ3v) is 6.32. The molecular weight excluding hydrogens is 486 g/mol. The number of halogens is 2. The van der Waals surface area contributed by atoms with E-state index in [2.05, 4.69) is 15.2 Å². The van der Waals surface area contributed by atoms with Gasteiger partial charge in [0, 0.05) is 42.7 Å². The van der Waals surface area contributed by atoms with Gasteiger partial charge in [0.1, 0.15) is 5.65 Å². The lowest BCUT2D eigenvalue weighted by molar-refractivity contribution is -0.123. The molecule has 1 aliphatic rings. The average Bonchev–Trinajstić information content (AvgIpc) is 3.58. The SMILES string of the molecule is COC(=O)N1CCC(C(=O)N(Cc2cn3ccc(-c4nnc(C(F)F)o4)cc3n2)c2ccccc2)CC1. The molecule has 0 spiro atoms. The van der Waals surface area contributed by atoms with E-state index in [1.807, 2.05) is 30.3 Å². The van der Waals surface area contributed by atoms with Crippen molar-refractivity contribution >= 4 is 23.3 Å². The molecule has 0 radical (unpaired) electrons. The first-order valence-corrected chi connectivity index (χ1v) is 11.7. The molecule has 0 saturated carbocycles. The summed E-state index contributed by atoms with van der Waals surface area (Å²) < 4.78 is 37.2. The molecule has 1 aromatic carbocycles. The van der Waals surface area contributed by atoms with Crippen LogP contribution >= 0.6 is 0 Å². The van der Waals surface area contributed by atoms with Crippen LogP contribution in [0, 0.1) is 5.92 Å². The monoisotopic (exact) mass is 510 g/mol. The van der Waals surface area contributed by atoms with Crippen LogP contribution in [0.25, 0.3) is 17.1 Å². The van der Waals surface area contributed by atoms with Crippen LogP contribution in [0.15, 0.2) is 59.3 Å². The molecule has 4 heterocycles. The molecule has 5 rings (SSSR count). The van der Waals surface area contributed by atoms with Gasteiger partial charge in [-0.15, -0.1) is 10.2 Å². The van der Waals surface area contributed by atoms with E-state index in [0.717, 1.165) is 5.69 Å². The van der Waals surface area contributed by atoms with Gasteiger partial charge in [-0.25, -0.2) is 9.78 Å². The smallest absolute Gasteiger partial charge is 0.409 e. The number of pyridine rings is 1. The van der Waals surface area contributed by atoms with Crippen molar-refractivity contribution in [2.75, 3.05) is 25.1 Å². The van der Waals surface area contributed by atoms with Crippen molar-refractivity contribution in [3.63, 3.8) is 0 Å². The van der Waals surface area contributed by atoms with Crippen LogP contribution in [0.4, 0.5) is 19.3 Å². The summed E-state index contributed by atoms with van der Waals surface area (Å²) in [5, 5.41) is 7.05. The van der Waals surface area contributed by atoms with E-state index in [0.29, 0.717) is 42.8 Å². The first kappa shape index (κ1) is 24.3. The fourth-order valence-electron chi connectivity index (χ4n) is 4.41. The van der Waals surface area contributed by atoms with Gasteiger partial charge in [0.15, 0.2) is 0 Å². The topological polar surface area (TPSA) is 106 Å². The van der Waals surface area contributed by atoms with E-state index in [1.54, 1.807) is 38.7 Å². The molecule has 12 heteroatoms. The molecule has 0 atom stereocenters. The Bertz CT molecular complexity index is 1400. The Morgan fingerprint density at radius 2 is 1.92 bits per heavy atom. The van der Waals surface area contributed by atoms with Crippen molar-refractivity contribution < 1.29 is 27.5 Å². The number of alkyl halides is 2. The van der Waals surface area contributed by atoms with Gasteiger partial charge in [0.25, 0.3) is 5.89 Å². The number of methoxy groups -OCH3 is 1. The number of piperidine rings is 1. The van der Waals surface area contributed by atoms with E-state index in [-0.39, 0.29) is 30.4 Å². The fraction of sp³-hybridized carbons (Fsp3) is 0.320. The number of para-hydroxylation sites is 1. The van der Waals surface area contributed by atoms with Gasteiger partial charge < -0.3 is 23.4 Å². The van der Waals surface area contributed by atoms with E-state index < -0.39 is 12.3 Å². The van der Waals surface area contributed by atoms with Gasteiger partial charge >= 0.3 is 12.5 Å². The molecule has 37 heavy (non-hydrogen) atoms. The number of ether oxygens (including phenoxy) is 1. The predicted molar refractivity (Wildman–Crippen MR) is 128 cm³/mol. The molecule has 1 aliphatic heterocycles. The maximum atomic E-state index is 13.6. The third kappa shape index (κ3) is 5.13. The number of likely N-dealkylation sites (tertiary alicyclic amines) is 1. The van der Waals surface area contributed by atoms with E-state index in [4.69, 9.17) is 9.15 Å². The first-order valence-electron chi connectivity index (χ1n) is 11.7. The van der Waals surface area contributed by atoms with Gasteiger partial charge in [-0.1, -0.05) is 18.2 Å². The Hall–Kier alpha value is -4.35. The standard InChI is InChI=1S/C25H24F2N6O4/c1-36-25(35)31-10-7-16(8-11-31)24(34)33(19-5-3-2-4-6-19)15-18-14-32-12-9-17(13-20(32)28-18)22-29-30-23(37-22)21(26)27/h2-6,9,12-14,16,21H,7-8,10-11,15H2,1H3. The quantitative estimate of drug-likeness (QED) is 0.380. The lowest BCUT2D eigenvalue weighted by Crippen LogP contribution is -2.44. The highest BCUT2D eigenvalue weighted by Gasteiger charge is 2.31. The van der Waals surface area contributed by atoms with Crippen LogP contribution in [0.2, 0.25) is 0 Å². The second kappa shape index (κ2) is 10.3. The van der Waals surface area contributed by atoms with E-state index in [9.17, 15) is 18.4 Å². The number of nitrogens with zero attached hydrogens (tertiary/aromatic N) is 6. The van der Waals surface area contributed by atoms with Crippen LogP contribution in [-0.4, -0.2) is 56.7 Å². The number of anilines is 1. The largest absolute Gasteiger partial charge is 0.453 e. The fourth-order valence-corrected chi connectivity index (χ4v) is 4.41. The first-order chi connectivity index (χ1) is 17.9. The lowest BCUT2D eigenvalue weighted by atomic mass is 9.95. The van der Waals surface area contributed by atoms with Crippen LogP contribution in [-0.2, 0) is 16.1 Å². The normalized spacial score (nSPS) is 14.3. The molecule has 4 aromatic rings. The number of amides is 2. The van der Waals surface area contributed by atoms with Crippen LogP contribution in [0.5, 0.6) is 0 Å². The van der Waals surface area contributed by atoms with Gasteiger partial charge in [-0.3, -0.25) is 4.79 Å². The Morgan fingerprint density at radius 1 is 1.16 bits per heavy atom. The maximum Gasteiger partial charge on any atom is 0.409 e. The minimum Gasteiger partial charge on any atom is -0.453 e. The molecule has 192 valence electrons. The predicted octanol–water partition coefficient (Wildman–Crippen LogP) is 4.33. The summed E-state index contributed by atoms with van der Waals surface area (Å²) in [5.74, 6) is -1.06. The van der Waals surface area contributed by atoms with Gasteiger partial charge in [-0.05, 0) is 37.1 Å². The zero-order valence-corrected chi connectivity index (χ0v) is 20.0. The summed E-state index contributed by atoms with van der Waals surface area (Å²) in [4.78, 5) is 33.4. The molecule has 0 N–H and O–H groups in total. The summed E-state index contributed by atoms with van der Waals surface area (Å²) in [5.41, 5.74) is 2.37. The Morgan fingerprint density at radius 3 is 2.59 bits per heavy atom. The second-order valence-corrected chi connectivity index (χ2v) is 8.65. The highest BCUT2D eigenvalue weighted by Crippen LogP contribution is 2.27. The number of carbonyl (C=O) groups excluding carboxylic acids is 2. The van der Waals surface area contributed by atoms with Crippen molar-refractivity contribution in [1.82, 2.24) is 24.5 Å². The summed E-state index contributed by atoms with van der Waals surface area (Å²) in [7, 11) is 1.34. The highest BCUT2D eigenvalue weighted by atomic mass is 19.3. The Labute approximate surface area is 210 Å².